The molecular formula is C11H21N3O2. The van der Waals surface area contributed by atoms with E-state index in [9.17, 15) is 4.79 Å². The number of carbonyl (C=O) groups excluding carboxylic acids is 1. The maximum absolute atomic E-state index is 11.8. The van der Waals surface area contributed by atoms with Gasteiger partial charge in [0.15, 0.2) is 0 Å². The summed E-state index contributed by atoms with van der Waals surface area (Å²) in [5, 5.41) is 8.89. The van der Waals surface area contributed by atoms with Crippen LogP contribution in [0.4, 0.5) is 0 Å². The summed E-state index contributed by atoms with van der Waals surface area (Å²) < 4.78 is 0. The zero-order valence-corrected chi connectivity index (χ0v) is 9.64. The first-order valence-electron chi connectivity index (χ1n) is 6.11. The number of aliphatic hydroxyl groups excluding tert-OH is 1. The monoisotopic (exact) mass is 227 g/mol. The van der Waals surface area contributed by atoms with Gasteiger partial charge in [0.25, 0.3) is 0 Å². The summed E-state index contributed by atoms with van der Waals surface area (Å²) in [6.07, 6.45) is 3.72. The van der Waals surface area contributed by atoms with Crippen LogP contribution in [0.3, 0.4) is 0 Å². The molecule has 2 saturated heterocycles. The van der Waals surface area contributed by atoms with Gasteiger partial charge in [-0.3, -0.25) is 9.69 Å². The van der Waals surface area contributed by atoms with Gasteiger partial charge in [-0.1, -0.05) is 6.42 Å². The smallest absolute Gasteiger partial charge is 0.241 e. The van der Waals surface area contributed by atoms with Crippen LogP contribution in [0.1, 0.15) is 19.3 Å². The number of amides is 1. The van der Waals surface area contributed by atoms with Gasteiger partial charge in [-0.05, 0) is 19.4 Å². The van der Waals surface area contributed by atoms with Crippen molar-refractivity contribution in [2.24, 2.45) is 5.73 Å². The minimum absolute atomic E-state index is 0.104. The van der Waals surface area contributed by atoms with Gasteiger partial charge in [0.2, 0.25) is 5.91 Å². The van der Waals surface area contributed by atoms with Crippen LogP contribution in [0, 0.1) is 0 Å². The predicted molar refractivity (Wildman–Crippen MR) is 60.9 cm³/mol. The molecule has 2 aliphatic rings. The molecule has 0 aromatic carbocycles. The molecule has 0 spiro atoms. The van der Waals surface area contributed by atoms with E-state index in [2.05, 4.69) is 4.90 Å². The van der Waals surface area contributed by atoms with Crippen LogP contribution in [0.5, 0.6) is 0 Å². The van der Waals surface area contributed by atoms with Crippen LogP contribution in [-0.2, 0) is 4.79 Å². The molecule has 0 aliphatic carbocycles. The van der Waals surface area contributed by atoms with Crippen molar-refractivity contribution < 1.29 is 9.90 Å². The quantitative estimate of drug-likeness (QED) is 0.635. The lowest BCUT2D eigenvalue weighted by molar-refractivity contribution is -0.137. The van der Waals surface area contributed by atoms with Crippen molar-refractivity contribution >= 4 is 5.91 Å². The first kappa shape index (κ1) is 11.8. The van der Waals surface area contributed by atoms with E-state index in [1.54, 1.807) is 0 Å². The van der Waals surface area contributed by atoms with Crippen LogP contribution in [0.2, 0.25) is 0 Å². The first-order valence-corrected chi connectivity index (χ1v) is 6.11. The van der Waals surface area contributed by atoms with E-state index in [0.717, 1.165) is 19.6 Å². The lowest BCUT2D eigenvalue weighted by Crippen LogP contribution is -2.59. The Hall–Kier alpha value is -0.650. The molecule has 2 rings (SSSR count). The van der Waals surface area contributed by atoms with Gasteiger partial charge in [-0.25, -0.2) is 0 Å². The molecule has 5 nitrogen and oxygen atoms in total. The zero-order valence-electron chi connectivity index (χ0n) is 9.64. The summed E-state index contributed by atoms with van der Waals surface area (Å²) in [6, 6.07) is -0.229. The fraction of sp³-hybridized carbons (Fsp3) is 0.909. The van der Waals surface area contributed by atoms with E-state index >= 15 is 0 Å². The third kappa shape index (κ3) is 2.36. The number of piperazine rings is 1. The molecular weight excluding hydrogens is 206 g/mol. The summed E-state index contributed by atoms with van der Waals surface area (Å²) >= 11 is 0. The third-order valence-electron chi connectivity index (χ3n) is 3.66. The maximum atomic E-state index is 11.8. The van der Waals surface area contributed by atoms with Crippen molar-refractivity contribution in [1.82, 2.24) is 9.80 Å². The number of nitrogens with two attached hydrogens (primary N) is 1. The molecule has 2 heterocycles. The highest BCUT2D eigenvalue weighted by Gasteiger charge is 2.32. The van der Waals surface area contributed by atoms with Crippen LogP contribution in [-0.4, -0.2) is 65.7 Å². The van der Waals surface area contributed by atoms with Gasteiger partial charge in [0.05, 0.1) is 6.61 Å². The number of nitrogens with zero attached hydrogens (tertiary/aromatic N) is 2. The van der Waals surface area contributed by atoms with Gasteiger partial charge in [0, 0.05) is 25.7 Å². The molecule has 92 valence electrons. The normalized spacial score (nSPS) is 28.6. The van der Waals surface area contributed by atoms with Crippen LogP contribution >= 0.6 is 0 Å². The Morgan fingerprint density at radius 3 is 2.94 bits per heavy atom. The molecule has 1 amide bonds. The fourth-order valence-corrected chi connectivity index (χ4v) is 2.67. The van der Waals surface area contributed by atoms with E-state index in [-0.39, 0.29) is 12.5 Å². The molecule has 0 bridgehead atoms. The number of rotatable bonds is 2. The van der Waals surface area contributed by atoms with E-state index in [1.165, 1.54) is 25.8 Å². The Kier molecular flexibility index (Phi) is 3.78. The number of hydrogen-bond acceptors (Lipinski definition) is 4. The number of fused-ring (bicyclic) bond motifs is 1. The van der Waals surface area contributed by atoms with Gasteiger partial charge in [-0.15, -0.1) is 0 Å². The second-order valence-electron chi connectivity index (χ2n) is 4.76. The van der Waals surface area contributed by atoms with Gasteiger partial charge < -0.3 is 15.7 Å². The van der Waals surface area contributed by atoms with Crippen molar-refractivity contribution in [2.75, 3.05) is 32.8 Å². The average molecular weight is 227 g/mol. The topological polar surface area (TPSA) is 69.8 Å². The van der Waals surface area contributed by atoms with E-state index in [4.69, 9.17) is 10.8 Å². The highest BCUT2D eigenvalue weighted by molar-refractivity contribution is 5.81. The summed E-state index contributed by atoms with van der Waals surface area (Å²) in [7, 11) is 0. The standard InChI is InChI=1S/C11H21N3O2/c12-10(8-15)11(16)14-6-5-13-4-2-1-3-9(13)7-14/h9-10,15H,1-8,12H2. The number of carbonyl (C=O) groups is 1. The van der Waals surface area contributed by atoms with Gasteiger partial charge in [0.1, 0.15) is 6.04 Å². The Morgan fingerprint density at radius 1 is 1.38 bits per heavy atom. The highest BCUT2D eigenvalue weighted by atomic mass is 16.3. The average Bonchev–Trinajstić information content (AvgIpc) is 2.36. The molecule has 2 atom stereocenters. The Balaban J connectivity index is 1.92. The van der Waals surface area contributed by atoms with Gasteiger partial charge >= 0.3 is 0 Å². The zero-order chi connectivity index (χ0) is 11.5. The summed E-state index contributed by atoms with van der Waals surface area (Å²) in [5.41, 5.74) is 5.56. The van der Waals surface area contributed by atoms with Crippen molar-refractivity contribution in [3.05, 3.63) is 0 Å². The van der Waals surface area contributed by atoms with E-state index < -0.39 is 6.04 Å². The molecule has 0 radical (unpaired) electrons. The number of piperidine rings is 1. The molecule has 2 aliphatic heterocycles. The molecule has 0 aromatic rings. The molecule has 5 heteroatoms. The summed E-state index contributed by atoms with van der Waals surface area (Å²) in [5.74, 6) is -0.104. The third-order valence-corrected chi connectivity index (χ3v) is 3.66. The maximum Gasteiger partial charge on any atom is 0.241 e. The van der Waals surface area contributed by atoms with Crippen molar-refractivity contribution in [3.63, 3.8) is 0 Å². The molecule has 2 unspecified atom stereocenters. The molecule has 2 fully saturated rings. The van der Waals surface area contributed by atoms with Crippen molar-refractivity contribution in [3.8, 4) is 0 Å². The Morgan fingerprint density at radius 2 is 2.19 bits per heavy atom. The minimum Gasteiger partial charge on any atom is -0.394 e. The summed E-state index contributed by atoms with van der Waals surface area (Å²) in [4.78, 5) is 16.1. The fourth-order valence-electron chi connectivity index (χ4n) is 2.67. The first-order chi connectivity index (χ1) is 7.72. The van der Waals surface area contributed by atoms with Crippen LogP contribution < -0.4 is 5.73 Å². The van der Waals surface area contributed by atoms with Crippen LogP contribution in [0.25, 0.3) is 0 Å². The van der Waals surface area contributed by atoms with Crippen molar-refractivity contribution in [2.45, 2.75) is 31.3 Å². The number of hydrogen-bond donors (Lipinski definition) is 2. The highest BCUT2D eigenvalue weighted by Crippen LogP contribution is 2.21. The second-order valence-corrected chi connectivity index (χ2v) is 4.76. The molecule has 16 heavy (non-hydrogen) atoms. The lowest BCUT2D eigenvalue weighted by atomic mass is 9.99. The van der Waals surface area contributed by atoms with E-state index in [1.807, 2.05) is 4.90 Å². The van der Waals surface area contributed by atoms with Crippen molar-refractivity contribution in [1.29, 1.82) is 0 Å². The molecule has 0 saturated carbocycles. The largest absolute Gasteiger partial charge is 0.394 e. The number of aliphatic hydroxyl groups is 1. The predicted octanol–water partition coefficient (Wildman–Crippen LogP) is -0.997. The Bertz CT molecular complexity index is 260. The van der Waals surface area contributed by atoms with Crippen LogP contribution in [0.15, 0.2) is 0 Å². The Labute approximate surface area is 96.2 Å². The van der Waals surface area contributed by atoms with E-state index in [0.29, 0.717) is 6.04 Å². The minimum atomic E-state index is -0.741. The molecule has 0 aromatic heterocycles. The summed E-state index contributed by atoms with van der Waals surface area (Å²) in [6.45, 7) is 3.40. The second kappa shape index (κ2) is 5.12. The lowest BCUT2D eigenvalue weighted by Gasteiger charge is -2.44. The van der Waals surface area contributed by atoms with Gasteiger partial charge in [-0.2, -0.15) is 0 Å². The SMILES string of the molecule is NC(CO)C(=O)N1CCN2CCCCC2C1. The molecule has 3 N–H and O–H groups in total.